The van der Waals surface area contributed by atoms with Gasteiger partial charge in [-0.2, -0.15) is 0 Å². The molecule has 12 nitrogen and oxygen atoms in total. The smallest absolute Gasteiger partial charge is 0.326 e. The Bertz CT molecular complexity index is 669. The van der Waals surface area contributed by atoms with Gasteiger partial charge in [-0.1, -0.05) is 13.8 Å². The molecule has 1 heterocycles. The number of aliphatic hydroxyl groups excluding tert-OH is 1. The van der Waals surface area contributed by atoms with E-state index in [9.17, 15) is 29.1 Å². The van der Waals surface area contributed by atoms with E-state index >= 15 is 0 Å². The molecule has 0 radical (unpaired) electrons. The first-order valence-corrected chi connectivity index (χ1v) is 9.76. The van der Waals surface area contributed by atoms with Crippen LogP contribution in [-0.2, 0) is 24.0 Å². The van der Waals surface area contributed by atoms with Gasteiger partial charge in [-0.15, -0.1) is 0 Å². The fourth-order valence-corrected chi connectivity index (χ4v) is 3.23. The number of amides is 4. The largest absolute Gasteiger partial charge is 0.480 e. The van der Waals surface area contributed by atoms with Gasteiger partial charge < -0.3 is 37.2 Å². The second-order valence-corrected chi connectivity index (χ2v) is 7.74. The summed E-state index contributed by atoms with van der Waals surface area (Å²) in [5, 5.41) is 23.0. The Balaban J connectivity index is 2.95. The topological polar surface area (TPSA) is 205 Å². The van der Waals surface area contributed by atoms with Crippen LogP contribution >= 0.6 is 0 Å². The summed E-state index contributed by atoms with van der Waals surface area (Å²) in [4.78, 5) is 61.6. The van der Waals surface area contributed by atoms with Crippen LogP contribution in [0.25, 0.3) is 0 Å². The summed E-state index contributed by atoms with van der Waals surface area (Å²) in [7, 11) is 0. The first-order chi connectivity index (χ1) is 14.0. The molecular weight excluding hydrogens is 398 g/mol. The molecule has 1 fully saturated rings. The van der Waals surface area contributed by atoms with Crippen LogP contribution in [0.5, 0.6) is 0 Å². The first-order valence-electron chi connectivity index (χ1n) is 9.76. The number of nitrogens with one attached hydrogen (secondary N) is 2. The Labute approximate surface area is 174 Å². The molecule has 1 aliphatic rings. The van der Waals surface area contributed by atoms with E-state index in [0.717, 1.165) is 0 Å². The summed E-state index contributed by atoms with van der Waals surface area (Å²) >= 11 is 0. The van der Waals surface area contributed by atoms with Gasteiger partial charge in [-0.05, 0) is 25.2 Å². The highest BCUT2D eigenvalue weighted by Gasteiger charge is 2.39. The van der Waals surface area contributed by atoms with Crippen molar-refractivity contribution < 1.29 is 34.2 Å². The number of carbonyl (C=O) groups excluding carboxylic acids is 4. The highest BCUT2D eigenvalue weighted by molar-refractivity contribution is 5.96. The molecule has 8 N–H and O–H groups in total. The standard InChI is InChI=1S/C18H31N5O7/c1-9(2)6-12(18(29)30)22-16(27)13-4-3-5-23(13)17(28)11(7-14(20)25)21-15(26)10(19)8-24/h9-13,24H,3-8,19H2,1-2H3,(H2,20,25)(H,21,26)(H,22,27)(H,29,30). The molecule has 0 saturated carbocycles. The minimum atomic E-state index is -1.35. The number of carboxylic acids is 1. The highest BCUT2D eigenvalue weighted by Crippen LogP contribution is 2.20. The highest BCUT2D eigenvalue weighted by atomic mass is 16.4. The predicted molar refractivity (Wildman–Crippen MR) is 105 cm³/mol. The van der Waals surface area contributed by atoms with Crippen molar-refractivity contribution in [1.29, 1.82) is 0 Å². The number of hydrogen-bond acceptors (Lipinski definition) is 7. The average Bonchev–Trinajstić information content (AvgIpc) is 3.14. The van der Waals surface area contributed by atoms with Crippen LogP contribution in [-0.4, -0.2) is 82.0 Å². The summed E-state index contributed by atoms with van der Waals surface area (Å²) in [5.74, 6) is -4.18. The molecular formula is C18H31N5O7. The molecule has 0 bridgehead atoms. The molecule has 1 rings (SSSR count). The van der Waals surface area contributed by atoms with Crippen LogP contribution in [0.4, 0.5) is 0 Å². The Kier molecular flexibility index (Phi) is 9.66. The summed E-state index contributed by atoms with van der Waals surface area (Å²) in [6.07, 6.45) is 0.498. The number of carbonyl (C=O) groups is 5. The van der Waals surface area contributed by atoms with Gasteiger partial charge in [0.15, 0.2) is 0 Å². The summed E-state index contributed by atoms with van der Waals surface area (Å²) < 4.78 is 0. The summed E-state index contributed by atoms with van der Waals surface area (Å²) in [6, 6.07) is -4.69. The third-order valence-corrected chi connectivity index (χ3v) is 4.71. The Morgan fingerprint density at radius 3 is 2.27 bits per heavy atom. The maximum atomic E-state index is 12.9. The normalized spacial score (nSPS) is 19.1. The molecule has 12 heteroatoms. The van der Waals surface area contributed by atoms with Crippen LogP contribution in [0, 0.1) is 5.92 Å². The maximum absolute atomic E-state index is 12.9. The van der Waals surface area contributed by atoms with Gasteiger partial charge >= 0.3 is 5.97 Å². The monoisotopic (exact) mass is 429 g/mol. The fourth-order valence-electron chi connectivity index (χ4n) is 3.23. The fraction of sp³-hybridized carbons (Fsp3) is 0.722. The molecule has 4 amide bonds. The minimum Gasteiger partial charge on any atom is -0.480 e. The molecule has 170 valence electrons. The van der Waals surface area contributed by atoms with Gasteiger partial charge in [-0.25, -0.2) is 4.79 Å². The van der Waals surface area contributed by atoms with Crippen LogP contribution in [0.15, 0.2) is 0 Å². The van der Waals surface area contributed by atoms with E-state index in [1.165, 1.54) is 4.90 Å². The van der Waals surface area contributed by atoms with Crippen LogP contribution in [0.3, 0.4) is 0 Å². The zero-order valence-corrected chi connectivity index (χ0v) is 17.2. The van der Waals surface area contributed by atoms with Crippen molar-refractivity contribution in [2.75, 3.05) is 13.2 Å². The number of likely N-dealkylation sites (tertiary alicyclic amines) is 1. The van der Waals surface area contributed by atoms with Crippen molar-refractivity contribution >= 4 is 29.6 Å². The average molecular weight is 429 g/mol. The molecule has 0 aromatic heterocycles. The van der Waals surface area contributed by atoms with Crippen molar-refractivity contribution in [3.63, 3.8) is 0 Å². The lowest BCUT2D eigenvalue weighted by atomic mass is 10.0. The minimum absolute atomic E-state index is 0.0265. The molecule has 1 aliphatic heterocycles. The molecule has 30 heavy (non-hydrogen) atoms. The van der Waals surface area contributed by atoms with Crippen molar-refractivity contribution in [3.05, 3.63) is 0 Å². The number of rotatable bonds is 11. The van der Waals surface area contributed by atoms with Crippen molar-refractivity contribution in [1.82, 2.24) is 15.5 Å². The van der Waals surface area contributed by atoms with Gasteiger partial charge in [0.25, 0.3) is 0 Å². The third-order valence-electron chi connectivity index (χ3n) is 4.71. The van der Waals surface area contributed by atoms with Crippen molar-refractivity contribution in [3.8, 4) is 0 Å². The number of nitrogens with two attached hydrogens (primary N) is 2. The Hall–Kier alpha value is -2.73. The first kappa shape index (κ1) is 25.3. The second kappa shape index (κ2) is 11.5. The van der Waals surface area contributed by atoms with E-state index in [1.807, 2.05) is 13.8 Å². The Morgan fingerprint density at radius 2 is 1.77 bits per heavy atom. The molecule has 4 unspecified atom stereocenters. The molecule has 0 aromatic carbocycles. The van der Waals surface area contributed by atoms with E-state index in [4.69, 9.17) is 16.6 Å². The van der Waals surface area contributed by atoms with E-state index in [2.05, 4.69) is 10.6 Å². The number of primary amides is 1. The zero-order chi connectivity index (χ0) is 23.0. The maximum Gasteiger partial charge on any atom is 0.326 e. The van der Waals surface area contributed by atoms with Crippen LogP contribution in [0.1, 0.15) is 39.5 Å². The van der Waals surface area contributed by atoms with E-state index in [-0.39, 0.29) is 18.9 Å². The van der Waals surface area contributed by atoms with Crippen LogP contribution in [0.2, 0.25) is 0 Å². The lowest BCUT2D eigenvalue weighted by Gasteiger charge is -2.29. The van der Waals surface area contributed by atoms with Gasteiger partial charge in [0, 0.05) is 6.54 Å². The van der Waals surface area contributed by atoms with Gasteiger partial charge in [0.1, 0.15) is 24.2 Å². The van der Waals surface area contributed by atoms with Gasteiger partial charge in [-0.3, -0.25) is 19.2 Å². The van der Waals surface area contributed by atoms with E-state index in [0.29, 0.717) is 12.8 Å². The number of aliphatic carboxylic acids is 1. The van der Waals surface area contributed by atoms with Crippen molar-refractivity contribution in [2.24, 2.45) is 17.4 Å². The number of hydrogen-bond donors (Lipinski definition) is 6. The van der Waals surface area contributed by atoms with Gasteiger partial charge in [0.2, 0.25) is 23.6 Å². The van der Waals surface area contributed by atoms with Gasteiger partial charge in [0.05, 0.1) is 13.0 Å². The quantitative estimate of drug-likeness (QED) is 0.203. The Morgan fingerprint density at radius 1 is 1.13 bits per heavy atom. The zero-order valence-electron chi connectivity index (χ0n) is 17.2. The predicted octanol–water partition coefficient (Wildman–Crippen LogP) is -2.73. The second-order valence-electron chi connectivity index (χ2n) is 7.74. The van der Waals surface area contributed by atoms with E-state index in [1.54, 1.807) is 0 Å². The molecule has 0 aliphatic carbocycles. The molecule has 4 atom stereocenters. The van der Waals surface area contributed by atoms with Crippen LogP contribution < -0.4 is 22.1 Å². The summed E-state index contributed by atoms with van der Waals surface area (Å²) in [5.41, 5.74) is 10.6. The molecule has 0 aromatic rings. The number of aliphatic hydroxyl groups is 1. The van der Waals surface area contributed by atoms with E-state index < -0.39 is 66.8 Å². The number of carboxylic acid groups (broad SMARTS) is 1. The van der Waals surface area contributed by atoms with Crippen molar-refractivity contribution in [2.45, 2.75) is 63.7 Å². The molecule has 1 saturated heterocycles. The lowest BCUT2D eigenvalue weighted by Crippen LogP contribution is -2.57. The SMILES string of the molecule is CC(C)CC(NC(=O)C1CCCN1C(=O)C(CC(N)=O)NC(=O)C(N)CO)C(=O)O. The molecule has 0 spiro atoms. The number of nitrogens with zero attached hydrogens (tertiary/aromatic N) is 1. The lowest BCUT2D eigenvalue weighted by molar-refractivity contribution is -0.145. The summed E-state index contributed by atoms with van der Waals surface area (Å²) in [6.45, 7) is 3.17. The third kappa shape index (κ3) is 7.26.